The van der Waals surface area contributed by atoms with Crippen molar-refractivity contribution < 1.29 is 9.47 Å². The molecular formula is C21H33NO2. The van der Waals surface area contributed by atoms with Gasteiger partial charge in [-0.15, -0.1) is 0 Å². The van der Waals surface area contributed by atoms with E-state index >= 15 is 0 Å². The number of piperidine rings is 1. The molecule has 134 valence electrons. The highest BCUT2D eigenvalue weighted by Crippen LogP contribution is 2.28. The van der Waals surface area contributed by atoms with Gasteiger partial charge in [-0.05, 0) is 64.8 Å². The van der Waals surface area contributed by atoms with E-state index in [0.29, 0.717) is 0 Å². The van der Waals surface area contributed by atoms with E-state index in [1.807, 2.05) is 57.2 Å². The van der Waals surface area contributed by atoms with Crippen LogP contribution in [-0.4, -0.2) is 36.7 Å². The van der Waals surface area contributed by atoms with Crippen LogP contribution < -0.4 is 0 Å². The number of allylic oxidation sites excluding steroid dienone is 7. The van der Waals surface area contributed by atoms with E-state index in [1.54, 1.807) is 6.08 Å². The zero-order valence-electron chi connectivity index (χ0n) is 15.8. The first-order valence-electron chi connectivity index (χ1n) is 8.85. The lowest BCUT2D eigenvalue weighted by Crippen LogP contribution is -2.45. The normalized spacial score (nSPS) is 19.8. The van der Waals surface area contributed by atoms with Gasteiger partial charge in [-0.3, -0.25) is 4.90 Å². The molecule has 3 nitrogen and oxygen atoms in total. The van der Waals surface area contributed by atoms with Crippen molar-refractivity contribution in [2.24, 2.45) is 0 Å². The Hall–Kier alpha value is -1.74. The van der Waals surface area contributed by atoms with E-state index in [0.717, 1.165) is 50.6 Å². The summed E-state index contributed by atoms with van der Waals surface area (Å²) < 4.78 is 12.0. The van der Waals surface area contributed by atoms with E-state index in [9.17, 15) is 0 Å². The topological polar surface area (TPSA) is 21.7 Å². The highest BCUT2D eigenvalue weighted by atomic mass is 16.5. The zero-order valence-corrected chi connectivity index (χ0v) is 15.8. The standard InChI is InChI=1S/C21H33NO2/c1-6-10-19(9-4)23-18-17-22-15-13-21(5,14-16-22)24-20(11-7-2)12-8-3/h6-12H,2,13-18H2,1,3-5H3/b10-6-,12-8-,19-9+,20-11+. The van der Waals surface area contributed by atoms with Crippen LogP contribution in [0.1, 0.15) is 40.5 Å². The summed E-state index contributed by atoms with van der Waals surface area (Å²) in [5, 5.41) is 0. The van der Waals surface area contributed by atoms with Crippen LogP contribution in [0.25, 0.3) is 0 Å². The number of nitrogens with zero attached hydrogens (tertiary/aromatic N) is 1. The molecule has 0 radical (unpaired) electrons. The minimum absolute atomic E-state index is 0.106. The van der Waals surface area contributed by atoms with Gasteiger partial charge in [0.2, 0.25) is 0 Å². The van der Waals surface area contributed by atoms with Crippen molar-refractivity contribution in [3.63, 3.8) is 0 Å². The molecule has 0 aromatic rings. The zero-order chi connectivity index (χ0) is 17.8. The average Bonchev–Trinajstić information content (AvgIpc) is 2.56. The summed E-state index contributed by atoms with van der Waals surface area (Å²) in [5.41, 5.74) is -0.106. The van der Waals surface area contributed by atoms with Crippen LogP contribution in [0.2, 0.25) is 0 Å². The van der Waals surface area contributed by atoms with Crippen molar-refractivity contribution in [2.75, 3.05) is 26.2 Å². The van der Waals surface area contributed by atoms with Crippen LogP contribution in [0, 0.1) is 0 Å². The monoisotopic (exact) mass is 331 g/mol. The summed E-state index contributed by atoms with van der Waals surface area (Å²) in [7, 11) is 0. The highest BCUT2D eigenvalue weighted by Gasteiger charge is 2.32. The van der Waals surface area contributed by atoms with Crippen molar-refractivity contribution in [3.8, 4) is 0 Å². The molecule has 0 bridgehead atoms. The van der Waals surface area contributed by atoms with Gasteiger partial charge in [0.25, 0.3) is 0 Å². The molecular weight excluding hydrogens is 298 g/mol. The molecule has 1 rings (SSSR count). The molecule has 0 saturated carbocycles. The van der Waals surface area contributed by atoms with Gasteiger partial charge in [-0.1, -0.05) is 24.8 Å². The molecule has 0 unspecified atom stereocenters. The molecule has 1 saturated heterocycles. The second-order valence-corrected chi connectivity index (χ2v) is 6.24. The predicted octanol–water partition coefficient (Wildman–Crippen LogP) is 5.00. The maximum absolute atomic E-state index is 6.23. The Balaban J connectivity index is 2.42. The summed E-state index contributed by atoms with van der Waals surface area (Å²) in [6.45, 7) is 15.7. The summed E-state index contributed by atoms with van der Waals surface area (Å²) in [6.07, 6.45) is 15.7. The Morgan fingerprint density at radius 3 is 2.25 bits per heavy atom. The van der Waals surface area contributed by atoms with Gasteiger partial charge in [-0.25, -0.2) is 0 Å². The maximum atomic E-state index is 6.23. The summed E-state index contributed by atoms with van der Waals surface area (Å²) >= 11 is 0. The summed E-state index contributed by atoms with van der Waals surface area (Å²) in [5.74, 6) is 1.82. The van der Waals surface area contributed by atoms with Gasteiger partial charge in [0.15, 0.2) is 0 Å². The Labute approximate surface area is 148 Å². The van der Waals surface area contributed by atoms with E-state index in [4.69, 9.17) is 9.47 Å². The lowest BCUT2D eigenvalue weighted by Gasteiger charge is -2.39. The molecule has 0 spiro atoms. The number of rotatable bonds is 9. The summed E-state index contributed by atoms with van der Waals surface area (Å²) in [6, 6.07) is 0. The van der Waals surface area contributed by atoms with Gasteiger partial charge in [-0.2, -0.15) is 0 Å². The molecule has 1 aliphatic rings. The average molecular weight is 332 g/mol. The third-order valence-electron chi connectivity index (χ3n) is 4.18. The summed E-state index contributed by atoms with van der Waals surface area (Å²) in [4.78, 5) is 2.45. The second-order valence-electron chi connectivity index (χ2n) is 6.24. The molecule has 0 N–H and O–H groups in total. The smallest absolute Gasteiger partial charge is 0.119 e. The van der Waals surface area contributed by atoms with Gasteiger partial charge >= 0.3 is 0 Å². The van der Waals surface area contributed by atoms with Crippen LogP contribution in [0.5, 0.6) is 0 Å². The van der Waals surface area contributed by atoms with Gasteiger partial charge in [0.05, 0.1) is 0 Å². The molecule has 0 amide bonds. The Bertz CT molecular complexity index is 492. The first-order chi connectivity index (χ1) is 11.6. The van der Waals surface area contributed by atoms with Crippen LogP contribution in [0.4, 0.5) is 0 Å². The molecule has 0 atom stereocenters. The van der Waals surface area contributed by atoms with E-state index in [1.165, 1.54) is 0 Å². The molecule has 1 aliphatic heterocycles. The van der Waals surface area contributed by atoms with Crippen molar-refractivity contribution in [2.45, 2.75) is 46.1 Å². The van der Waals surface area contributed by atoms with Crippen LogP contribution in [0.15, 0.2) is 60.6 Å². The SMILES string of the molecule is C=C/C=C(\C=C/C)OC1(C)CCN(CCOC(/C=C\C)=C/C)CC1. The molecule has 1 fully saturated rings. The first-order valence-corrected chi connectivity index (χ1v) is 8.85. The third kappa shape index (κ3) is 7.22. The third-order valence-corrected chi connectivity index (χ3v) is 4.18. The lowest BCUT2D eigenvalue weighted by molar-refractivity contribution is -0.0314. The van der Waals surface area contributed by atoms with Gasteiger partial charge < -0.3 is 9.47 Å². The Morgan fingerprint density at radius 1 is 1.08 bits per heavy atom. The highest BCUT2D eigenvalue weighted by molar-refractivity contribution is 5.17. The molecule has 24 heavy (non-hydrogen) atoms. The van der Waals surface area contributed by atoms with Crippen LogP contribution in [-0.2, 0) is 9.47 Å². The van der Waals surface area contributed by atoms with E-state index in [-0.39, 0.29) is 5.60 Å². The fraction of sp³-hybridized carbons (Fsp3) is 0.524. The molecule has 0 aromatic carbocycles. The number of hydrogen-bond donors (Lipinski definition) is 0. The fourth-order valence-electron chi connectivity index (χ4n) is 2.72. The predicted molar refractivity (Wildman–Crippen MR) is 103 cm³/mol. The number of likely N-dealkylation sites (tertiary alicyclic amines) is 1. The van der Waals surface area contributed by atoms with Crippen molar-refractivity contribution in [1.29, 1.82) is 0 Å². The first kappa shape index (κ1) is 20.3. The molecule has 1 heterocycles. The van der Waals surface area contributed by atoms with E-state index < -0.39 is 0 Å². The fourth-order valence-corrected chi connectivity index (χ4v) is 2.72. The molecule has 0 aliphatic carbocycles. The second kappa shape index (κ2) is 10.9. The van der Waals surface area contributed by atoms with Crippen molar-refractivity contribution in [3.05, 3.63) is 60.6 Å². The van der Waals surface area contributed by atoms with Crippen molar-refractivity contribution in [1.82, 2.24) is 4.90 Å². The Morgan fingerprint density at radius 2 is 1.71 bits per heavy atom. The number of ether oxygens (including phenoxy) is 2. The van der Waals surface area contributed by atoms with Gasteiger partial charge in [0, 0.05) is 19.6 Å². The molecule has 0 aromatic heterocycles. The van der Waals surface area contributed by atoms with Crippen molar-refractivity contribution >= 4 is 0 Å². The minimum Gasteiger partial charge on any atom is -0.493 e. The van der Waals surface area contributed by atoms with Crippen LogP contribution >= 0.6 is 0 Å². The van der Waals surface area contributed by atoms with Crippen LogP contribution in [0.3, 0.4) is 0 Å². The van der Waals surface area contributed by atoms with E-state index in [2.05, 4.69) is 18.4 Å². The largest absolute Gasteiger partial charge is 0.493 e. The minimum atomic E-state index is -0.106. The number of hydrogen-bond acceptors (Lipinski definition) is 3. The Kier molecular flexibility index (Phi) is 9.24. The quantitative estimate of drug-likeness (QED) is 0.438. The molecule has 3 heteroatoms. The maximum Gasteiger partial charge on any atom is 0.119 e. The van der Waals surface area contributed by atoms with Gasteiger partial charge in [0.1, 0.15) is 23.7 Å². The lowest BCUT2D eigenvalue weighted by atomic mass is 9.93.